The number of hydrogen-bond acceptors (Lipinski definition) is 6. The van der Waals surface area contributed by atoms with Crippen LogP contribution in [0.3, 0.4) is 0 Å². The van der Waals surface area contributed by atoms with Crippen LogP contribution in [0.4, 0.5) is 5.95 Å². The highest BCUT2D eigenvalue weighted by atomic mass is 32.2. The van der Waals surface area contributed by atoms with Gasteiger partial charge in [-0.3, -0.25) is 4.79 Å². The highest BCUT2D eigenvalue weighted by Crippen LogP contribution is 2.53. The molecule has 4 heterocycles. The third-order valence-electron chi connectivity index (χ3n) is 9.04. The zero-order chi connectivity index (χ0) is 29.9. The Hall–Kier alpha value is -3.46. The molecule has 3 aliphatic heterocycles. The molecule has 3 atom stereocenters. The average molecular weight is 589 g/mol. The maximum absolute atomic E-state index is 14.2. The van der Waals surface area contributed by atoms with Gasteiger partial charge in [-0.15, -0.1) is 0 Å². The summed E-state index contributed by atoms with van der Waals surface area (Å²) in [4.78, 5) is 25.5. The quantitative estimate of drug-likeness (QED) is 0.365. The van der Waals surface area contributed by atoms with Crippen molar-refractivity contribution in [2.45, 2.75) is 90.1 Å². The van der Waals surface area contributed by atoms with E-state index in [1.54, 1.807) is 24.3 Å². The number of nitrogens with one attached hydrogen (secondary N) is 1. The summed E-state index contributed by atoms with van der Waals surface area (Å²) in [6.07, 6.45) is 5.14. The Morgan fingerprint density at radius 1 is 1.05 bits per heavy atom. The molecule has 1 aliphatic carbocycles. The third-order valence-corrected chi connectivity index (χ3v) is 10.4. The molecule has 2 fully saturated rings. The Balaban J connectivity index is 1.50. The van der Waals surface area contributed by atoms with E-state index < -0.39 is 15.4 Å². The second-order valence-corrected chi connectivity index (χ2v) is 15.2. The first-order valence-corrected chi connectivity index (χ1v) is 16.4. The zero-order valence-corrected chi connectivity index (χ0v) is 25.9. The number of rotatable bonds is 2. The number of ether oxygens (including phenoxy) is 1. The maximum Gasteiger partial charge on any atom is 0.264 e. The van der Waals surface area contributed by atoms with Crippen LogP contribution in [0.5, 0.6) is 5.88 Å². The summed E-state index contributed by atoms with van der Waals surface area (Å²) in [7, 11) is -4.01. The highest BCUT2D eigenvalue weighted by molar-refractivity contribution is 7.92. The van der Waals surface area contributed by atoms with Crippen molar-refractivity contribution in [2.75, 3.05) is 11.3 Å². The number of β-lactam (4-membered cyclic amide) rings is 1. The van der Waals surface area contributed by atoms with Crippen molar-refractivity contribution in [3.8, 4) is 17.1 Å². The predicted octanol–water partition coefficient (Wildman–Crippen LogP) is 6.07. The van der Waals surface area contributed by atoms with Crippen LogP contribution in [0.25, 0.3) is 11.3 Å². The summed E-state index contributed by atoms with van der Waals surface area (Å²) in [6.45, 7) is 10.8. The molecule has 1 saturated carbocycles. The number of carbonyl (C=O) groups excluding carboxylic acids is 1. The summed E-state index contributed by atoms with van der Waals surface area (Å²) in [5.41, 5.74) is 3.81. The summed E-state index contributed by atoms with van der Waals surface area (Å²) in [6, 6.07) is 14.7. The third kappa shape index (κ3) is 5.16. The minimum atomic E-state index is -4.01. The van der Waals surface area contributed by atoms with E-state index in [0.717, 1.165) is 54.4 Å². The lowest BCUT2D eigenvalue weighted by Crippen LogP contribution is -2.74. The van der Waals surface area contributed by atoms with E-state index in [2.05, 4.69) is 40.4 Å². The minimum absolute atomic E-state index is 0.0334. The van der Waals surface area contributed by atoms with Crippen LogP contribution in [-0.2, 0) is 21.2 Å². The van der Waals surface area contributed by atoms with Crippen molar-refractivity contribution in [3.05, 3.63) is 65.2 Å². The summed E-state index contributed by atoms with van der Waals surface area (Å²) >= 11 is 0. The molecule has 1 saturated heterocycles. The number of amides is 1. The van der Waals surface area contributed by atoms with E-state index in [1.165, 1.54) is 0 Å². The first kappa shape index (κ1) is 28.6. The SMILES string of the molecule is Cc1cccc(C)c1-c1cc2nc(n1)NS(=O)(=O)c1cccc(c1)CC13CCCCC1N(C3=O)[C@H](CC(C)(C)C)CO2. The van der Waals surface area contributed by atoms with Gasteiger partial charge in [-0.2, -0.15) is 4.98 Å². The number of nitrogens with zero attached hydrogens (tertiary/aromatic N) is 3. The van der Waals surface area contributed by atoms with E-state index in [1.807, 2.05) is 38.1 Å². The Labute approximate surface area is 249 Å². The summed E-state index contributed by atoms with van der Waals surface area (Å²) < 4.78 is 36.2. The summed E-state index contributed by atoms with van der Waals surface area (Å²) in [5.74, 6) is 0.377. The van der Waals surface area contributed by atoms with Gasteiger partial charge in [-0.1, -0.05) is 63.9 Å². The van der Waals surface area contributed by atoms with E-state index in [0.29, 0.717) is 12.1 Å². The fourth-order valence-corrected chi connectivity index (χ4v) is 8.31. The second-order valence-electron chi connectivity index (χ2n) is 13.5. The smallest absolute Gasteiger partial charge is 0.264 e. The van der Waals surface area contributed by atoms with Crippen molar-refractivity contribution < 1.29 is 17.9 Å². The van der Waals surface area contributed by atoms with Gasteiger partial charge in [0.2, 0.25) is 17.7 Å². The molecule has 2 unspecified atom stereocenters. The molecule has 2 aromatic carbocycles. The lowest BCUT2D eigenvalue weighted by atomic mass is 9.59. The number of sulfonamides is 1. The van der Waals surface area contributed by atoms with Gasteiger partial charge >= 0.3 is 0 Å². The van der Waals surface area contributed by atoms with Crippen molar-refractivity contribution >= 4 is 21.9 Å². The molecule has 6 bridgehead atoms. The lowest BCUT2D eigenvalue weighted by molar-refractivity contribution is -0.187. The number of aryl methyl sites for hydroxylation is 2. The standard InChI is InChI=1S/C33H40N4O4S/c1-21-10-8-11-22(2)29(21)26-17-28-35-31(34-26)36-42(39,40)25-13-9-12-23(16-25)18-33-15-7-6-14-27(33)37(30(33)38)24(20-41-28)19-32(3,4)5/h8-13,16-17,24,27H,6-7,14-15,18-20H2,1-5H3,(H,34,35,36)/t24-,27?,33?/m1/s1. The van der Waals surface area contributed by atoms with E-state index in [-0.39, 0.29) is 46.7 Å². The van der Waals surface area contributed by atoms with Crippen LogP contribution in [-0.4, -0.2) is 47.9 Å². The number of aromatic nitrogens is 2. The summed E-state index contributed by atoms with van der Waals surface area (Å²) in [5, 5.41) is 0. The van der Waals surface area contributed by atoms with E-state index in [4.69, 9.17) is 4.74 Å². The van der Waals surface area contributed by atoms with Crippen LogP contribution in [0.1, 0.15) is 69.6 Å². The maximum atomic E-state index is 14.2. The fourth-order valence-electron chi connectivity index (χ4n) is 7.29. The van der Waals surface area contributed by atoms with Crippen molar-refractivity contribution in [2.24, 2.45) is 10.8 Å². The van der Waals surface area contributed by atoms with Crippen molar-refractivity contribution in [1.29, 1.82) is 0 Å². The zero-order valence-electron chi connectivity index (χ0n) is 25.1. The molecule has 7 rings (SSSR count). The van der Waals surface area contributed by atoms with Crippen molar-refractivity contribution in [1.82, 2.24) is 14.9 Å². The molecule has 222 valence electrons. The highest BCUT2D eigenvalue weighted by Gasteiger charge is 2.62. The van der Waals surface area contributed by atoms with Gasteiger partial charge in [0, 0.05) is 17.7 Å². The van der Waals surface area contributed by atoms with Gasteiger partial charge in [0.15, 0.2) is 0 Å². The van der Waals surface area contributed by atoms with Gasteiger partial charge in [-0.05, 0) is 73.8 Å². The monoisotopic (exact) mass is 588 g/mol. The van der Waals surface area contributed by atoms with E-state index in [9.17, 15) is 13.2 Å². The molecule has 8 nitrogen and oxygen atoms in total. The molecule has 4 aliphatic rings. The van der Waals surface area contributed by atoms with Crippen LogP contribution in [0.2, 0.25) is 0 Å². The van der Waals surface area contributed by atoms with Crippen LogP contribution < -0.4 is 9.46 Å². The topological polar surface area (TPSA) is 101 Å². The average Bonchev–Trinajstić information content (AvgIpc) is 2.91. The molecule has 9 heteroatoms. The first-order chi connectivity index (χ1) is 19.9. The van der Waals surface area contributed by atoms with Gasteiger partial charge in [-0.25, -0.2) is 18.1 Å². The Kier molecular flexibility index (Phi) is 7.07. The number of benzene rings is 2. The number of hydrogen-bond donors (Lipinski definition) is 1. The van der Waals surface area contributed by atoms with Crippen LogP contribution in [0, 0.1) is 24.7 Å². The Morgan fingerprint density at radius 3 is 2.52 bits per heavy atom. The molecule has 1 amide bonds. The van der Waals surface area contributed by atoms with Crippen LogP contribution >= 0.6 is 0 Å². The molecular weight excluding hydrogens is 548 g/mol. The minimum Gasteiger partial charge on any atom is -0.475 e. The normalized spacial score (nSPS) is 25.2. The molecule has 1 aromatic heterocycles. The fraction of sp³-hybridized carbons (Fsp3) is 0.485. The molecule has 1 spiro atoms. The largest absolute Gasteiger partial charge is 0.475 e. The van der Waals surface area contributed by atoms with Gasteiger partial charge in [0.25, 0.3) is 10.0 Å². The molecule has 3 aromatic rings. The molecular formula is C33H40N4O4S. The molecule has 42 heavy (non-hydrogen) atoms. The first-order valence-electron chi connectivity index (χ1n) is 14.9. The lowest BCUT2D eigenvalue weighted by Gasteiger charge is -2.61. The van der Waals surface area contributed by atoms with Gasteiger partial charge in [0.1, 0.15) is 6.61 Å². The van der Waals surface area contributed by atoms with Crippen molar-refractivity contribution in [3.63, 3.8) is 0 Å². The van der Waals surface area contributed by atoms with Gasteiger partial charge < -0.3 is 9.64 Å². The number of fused-ring (bicyclic) bond motifs is 3. The number of anilines is 1. The Bertz CT molecular complexity index is 1630. The number of carbonyl (C=O) groups is 1. The predicted molar refractivity (Wildman–Crippen MR) is 163 cm³/mol. The van der Waals surface area contributed by atoms with Gasteiger partial charge in [0.05, 0.1) is 22.0 Å². The Morgan fingerprint density at radius 2 is 1.79 bits per heavy atom. The molecule has 0 radical (unpaired) electrons. The van der Waals surface area contributed by atoms with Crippen LogP contribution in [0.15, 0.2) is 53.4 Å². The second kappa shape index (κ2) is 10.4. The van der Waals surface area contributed by atoms with E-state index >= 15 is 0 Å². The molecule has 1 N–H and O–H groups in total.